The van der Waals surface area contributed by atoms with Crippen LogP contribution in [0.25, 0.3) is 5.69 Å². The molecule has 0 saturated carbocycles. The van der Waals surface area contributed by atoms with Crippen molar-refractivity contribution in [3.8, 4) is 11.4 Å². The molecule has 2 aromatic heterocycles. The molecule has 27 heavy (non-hydrogen) atoms. The number of rotatable bonds is 4. The minimum Gasteiger partial charge on any atom is -0.497 e. The molecule has 0 spiro atoms. The van der Waals surface area contributed by atoms with Crippen molar-refractivity contribution >= 4 is 28.4 Å². The van der Waals surface area contributed by atoms with Gasteiger partial charge in [-0.15, -0.1) is 0 Å². The summed E-state index contributed by atoms with van der Waals surface area (Å²) in [5, 5.41) is 4.73. The molecule has 0 atom stereocenters. The lowest BCUT2D eigenvalue weighted by atomic mass is 9.92. The zero-order valence-corrected chi connectivity index (χ0v) is 18.0. The molecule has 0 unspecified atom stereocenters. The van der Waals surface area contributed by atoms with E-state index in [0.717, 1.165) is 52.7 Å². The fraction of sp³-hybridized carbons (Fsp3) is 0.400. The summed E-state index contributed by atoms with van der Waals surface area (Å²) in [7, 11) is 1.69. The molecule has 0 bridgehead atoms. The summed E-state index contributed by atoms with van der Waals surface area (Å²) >= 11 is 2.26. The number of anilines is 1. The third kappa shape index (κ3) is 3.69. The van der Waals surface area contributed by atoms with Crippen molar-refractivity contribution in [3.63, 3.8) is 0 Å². The second-order valence-electron chi connectivity index (χ2n) is 7.06. The third-order valence-electron chi connectivity index (χ3n) is 5.21. The van der Waals surface area contributed by atoms with Crippen molar-refractivity contribution in [1.29, 1.82) is 0 Å². The first-order valence-corrected chi connectivity index (χ1v) is 10.3. The van der Waals surface area contributed by atoms with Crippen LogP contribution in [0.2, 0.25) is 0 Å². The smallest absolute Gasteiger partial charge is 0.169 e. The molecule has 0 aliphatic carbocycles. The summed E-state index contributed by atoms with van der Waals surface area (Å²) in [6.07, 6.45) is 2.20. The standard InChI is InChI=1S/C20H24IN5O/c1-13-11-18(26(24-13)16-5-4-6-17(12-16)27-3)25-9-7-15(8-10-25)19-14(2)22-20(21)23-19/h4-6,11-12,15H,7-10H2,1-3H3,(H,22,23). The number of methoxy groups -OCH3 is 1. The van der Waals surface area contributed by atoms with E-state index in [0.29, 0.717) is 5.92 Å². The monoisotopic (exact) mass is 477 g/mol. The number of aromatic amines is 1. The van der Waals surface area contributed by atoms with E-state index in [2.05, 4.69) is 51.5 Å². The number of aromatic nitrogens is 4. The highest BCUT2D eigenvalue weighted by Gasteiger charge is 2.26. The van der Waals surface area contributed by atoms with Gasteiger partial charge in [0.1, 0.15) is 11.6 Å². The minimum atomic E-state index is 0.523. The first-order valence-electron chi connectivity index (χ1n) is 9.23. The Balaban J connectivity index is 1.56. The highest BCUT2D eigenvalue weighted by molar-refractivity contribution is 14.1. The average Bonchev–Trinajstić information content (AvgIpc) is 3.23. The lowest BCUT2D eigenvalue weighted by Gasteiger charge is -2.33. The number of piperidine rings is 1. The van der Waals surface area contributed by atoms with Gasteiger partial charge in [0.15, 0.2) is 3.83 Å². The molecule has 0 radical (unpaired) electrons. The molecule has 6 nitrogen and oxygen atoms in total. The number of aryl methyl sites for hydroxylation is 2. The Bertz CT molecular complexity index is 940. The first kappa shape index (κ1) is 18.3. The number of nitrogens with one attached hydrogen (secondary N) is 1. The van der Waals surface area contributed by atoms with Gasteiger partial charge in [-0.25, -0.2) is 9.67 Å². The number of nitrogens with zero attached hydrogens (tertiary/aromatic N) is 4. The molecule has 1 fully saturated rings. The van der Waals surface area contributed by atoms with Crippen LogP contribution >= 0.6 is 22.6 Å². The molecule has 142 valence electrons. The van der Waals surface area contributed by atoms with Crippen LogP contribution in [0, 0.1) is 17.7 Å². The quantitative estimate of drug-likeness (QED) is 0.573. The van der Waals surface area contributed by atoms with Crippen LogP contribution in [0.15, 0.2) is 30.3 Å². The Morgan fingerprint density at radius 3 is 2.63 bits per heavy atom. The minimum absolute atomic E-state index is 0.523. The fourth-order valence-corrected chi connectivity index (χ4v) is 4.52. The number of imidazole rings is 1. The maximum atomic E-state index is 5.38. The topological polar surface area (TPSA) is 59.0 Å². The average molecular weight is 477 g/mol. The van der Waals surface area contributed by atoms with Gasteiger partial charge in [0, 0.05) is 36.8 Å². The van der Waals surface area contributed by atoms with Gasteiger partial charge in [-0.05, 0) is 61.4 Å². The van der Waals surface area contributed by atoms with Crippen LogP contribution in [-0.4, -0.2) is 39.9 Å². The molecule has 1 aliphatic heterocycles. The summed E-state index contributed by atoms with van der Waals surface area (Å²) in [6.45, 7) is 6.17. The van der Waals surface area contributed by atoms with Gasteiger partial charge < -0.3 is 14.6 Å². The molecular weight excluding hydrogens is 453 g/mol. The van der Waals surface area contributed by atoms with Gasteiger partial charge in [-0.3, -0.25) is 0 Å². The SMILES string of the molecule is COc1cccc(-n2nc(C)cc2N2CCC(c3nc(I)[nH]c3C)CC2)c1. The Hall–Kier alpha value is -2.03. The number of hydrogen-bond donors (Lipinski definition) is 1. The maximum Gasteiger partial charge on any atom is 0.169 e. The summed E-state index contributed by atoms with van der Waals surface area (Å²) in [6, 6.07) is 10.2. The van der Waals surface area contributed by atoms with Crippen LogP contribution in [0.4, 0.5) is 5.82 Å². The summed E-state index contributed by atoms with van der Waals surface area (Å²) in [4.78, 5) is 10.5. The van der Waals surface area contributed by atoms with Crippen LogP contribution < -0.4 is 9.64 Å². The van der Waals surface area contributed by atoms with Crippen LogP contribution in [0.3, 0.4) is 0 Å². The molecule has 1 aliphatic rings. The zero-order valence-electron chi connectivity index (χ0n) is 15.9. The van der Waals surface area contributed by atoms with E-state index < -0.39 is 0 Å². The van der Waals surface area contributed by atoms with Crippen molar-refractivity contribution in [3.05, 3.63) is 51.2 Å². The van der Waals surface area contributed by atoms with E-state index in [1.54, 1.807) is 7.11 Å². The third-order valence-corrected chi connectivity index (χ3v) is 5.72. The Morgan fingerprint density at radius 1 is 1.19 bits per heavy atom. The molecule has 1 aromatic carbocycles. The molecular formula is C20H24IN5O. The van der Waals surface area contributed by atoms with Gasteiger partial charge >= 0.3 is 0 Å². The molecule has 3 heterocycles. The van der Waals surface area contributed by atoms with E-state index in [4.69, 9.17) is 14.8 Å². The highest BCUT2D eigenvalue weighted by atomic mass is 127. The molecule has 7 heteroatoms. The molecule has 1 saturated heterocycles. The maximum absolute atomic E-state index is 5.38. The Morgan fingerprint density at radius 2 is 1.96 bits per heavy atom. The summed E-state index contributed by atoms with van der Waals surface area (Å²) in [5.74, 6) is 2.51. The molecule has 3 aromatic rings. The van der Waals surface area contributed by atoms with Gasteiger partial charge in [0.2, 0.25) is 0 Å². The van der Waals surface area contributed by atoms with Gasteiger partial charge in [0.25, 0.3) is 0 Å². The van der Waals surface area contributed by atoms with E-state index in [-0.39, 0.29) is 0 Å². The second kappa shape index (κ2) is 7.53. The largest absolute Gasteiger partial charge is 0.497 e. The van der Waals surface area contributed by atoms with Crippen molar-refractivity contribution < 1.29 is 4.74 Å². The van der Waals surface area contributed by atoms with E-state index in [9.17, 15) is 0 Å². The first-order chi connectivity index (χ1) is 13.0. The lowest BCUT2D eigenvalue weighted by Crippen LogP contribution is -2.34. The molecule has 4 rings (SSSR count). The van der Waals surface area contributed by atoms with Crippen molar-refractivity contribution in [2.45, 2.75) is 32.6 Å². The molecule has 1 N–H and O–H groups in total. The molecule has 0 amide bonds. The lowest BCUT2D eigenvalue weighted by molar-refractivity contribution is 0.414. The number of hydrogen-bond acceptors (Lipinski definition) is 4. The number of halogens is 1. The Kier molecular flexibility index (Phi) is 5.12. The van der Waals surface area contributed by atoms with Gasteiger partial charge in [-0.1, -0.05) is 6.07 Å². The zero-order chi connectivity index (χ0) is 19.0. The normalized spacial score (nSPS) is 15.3. The van der Waals surface area contributed by atoms with Crippen LogP contribution in [-0.2, 0) is 0 Å². The number of benzene rings is 1. The second-order valence-corrected chi connectivity index (χ2v) is 8.08. The van der Waals surface area contributed by atoms with Crippen LogP contribution in [0.1, 0.15) is 35.8 Å². The predicted molar refractivity (Wildman–Crippen MR) is 115 cm³/mol. The predicted octanol–water partition coefficient (Wildman–Crippen LogP) is 4.21. The number of H-pyrrole nitrogens is 1. The van der Waals surface area contributed by atoms with Gasteiger partial charge in [0.05, 0.1) is 24.2 Å². The van der Waals surface area contributed by atoms with Crippen LogP contribution in [0.5, 0.6) is 5.75 Å². The summed E-state index contributed by atoms with van der Waals surface area (Å²) in [5.41, 5.74) is 4.48. The van der Waals surface area contributed by atoms with Crippen molar-refractivity contribution in [2.24, 2.45) is 0 Å². The fourth-order valence-electron chi connectivity index (χ4n) is 3.86. The van der Waals surface area contributed by atoms with Crippen molar-refractivity contribution in [2.75, 3.05) is 25.1 Å². The van der Waals surface area contributed by atoms with E-state index >= 15 is 0 Å². The van der Waals surface area contributed by atoms with E-state index in [1.165, 1.54) is 11.4 Å². The van der Waals surface area contributed by atoms with E-state index in [1.807, 2.05) is 29.8 Å². The number of ether oxygens (including phenoxy) is 1. The summed E-state index contributed by atoms with van der Waals surface area (Å²) < 4.78 is 8.39. The highest BCUT2D eigenvalue weighted by Crippen LogP contribution is 2.32. The Labute approximate surface area is 173 Å². The van der Waals surface area contributed by atoms with Gasteiger partial charge in [-0.2, -0.15) is 5.10 Å². The van der Waals surface area contributed by atoms with Crippen molar-refractivity contribution in [1.82, 2.24) is 19.7 Å².